The van der Waals surface area contributed by atoms with Crippen LogP contribution in [0.1, 0.15) is 21.7 Å². The highest BCUT2D eigenvalue weighted by Crippen LogP contribution is 2.08. The molecule has 0 unspecified atom stereocenters. The highest BCUT2D eigenvalue weighted by molar-refractivity contribution is 7.89. The van der Waals surface area contributed by atoms with Gasteiger partial charge < -0.3 is 10.1 Å². The van der Waals surface area contributed by atoms with Gasteiger partial charge in [0.05, 0.1) is 11.8 Å². The molecule has 8 heteroatoms. The molecular formula is C12H13N3O4S. The van der Waals surface area contributed by atoms with Crippen molar-refractivity contribution in [3.8, 4) is 0 Å². The first-order chi connectivity index (χ1) is 9.38. The molecule has 1 aromatic carbocycles. The number of sulfonamides is 1. The number of nitrogens with zero attached hydrogens (tertiary/aromatic N) is 1. The lowest BCUT2D eigenvalue weighted by atomic mass is 10.1. The van der Waals surface area contributed by atoms with Crippen LogP contribution in [0.15, 0.2) is 35.5 Å². The van der Waals surface area contributed by atoms with Gasteiger partial charge in [-0.2, -0.15) is 0 Å². The van der Waals surface area contributed by atoms with Gasteiger partial charge in [0.1, 0.15) is 5.82 Å². The number of aryl methyl sites for hydroxylation is 1. The third-order valence-corrected chi connectivity index (χ3v) is 3.92. The number of nitrogens with one attached hydrogen (secondary N) is 2. The van der Waals surface area contributed by atoms with Crippen molar-refractivity contribution in [1.29, 1.82) is 0 Å². The van der Waals surface area contributed by atoms with Crippen LogP contribution >= 0.6 is 0 Å². The molecule has 7 nitrogen and oxygen atoms in total. The first kappa shape index (κ1) is 14.2. The van der Waals surface area contributed by atoms with Crippen LogP contribution in [0.3, 0.4) is 0 Å². The minimum atomic E-state index is -3.69. The van der Waals surface area contributed by atoms with E-state index in [1.165, 1.54) is 18.3 Å². The fourth-order valence-electron chi connectivity index (χ4n) is 1.61. The van der Waals surface area contributed by atoms with E-state index in [-0.39, 0.29) is 17.1 Å². The van der Waals surface area contributed by atoms with E-state index in [0.717, 1.165) is 0 Å². The smallest absolute Gasteiger partial charge is 0.335 e. The highest BCUT2D eigenvalue weighted by atomic mass is 32.2. The molecule has 0 aliphatic heterocycles. The number of H-pyrrole nitrogens is 1. The van der Waals surface area contributed by atoms with Crippen molar-refractivity contribution >= 4 is 16.0 Å². The molecule has 0 radical (unpaired) electrons. The minimum Gasteiger partial charge on any atom is -0.478 e. The summed E-state index contributed by atoms with van der Waals surface area (Å²) in [6, 6.07) is 6.07. The summed E-state index contributed by atoms with van der Waals surface area (Å²) in [6.07, 6.45) is 1.23. The zero-order valence-electron chi connectivity index (χ0n) is 10.6. The predicted molar refractivity (Wildman–Crippen MR) is 70.8 cm³/mol. The van der Waals surface area contributed by atoms with E-state index in [0.29, 0.717) is 11.4 Å². The summed E-state index contributed by atoms with van der Waals surface area (Å²) in [5.41, 5.74) is 0.670. The van der Waals surface area contributed by atoms with E-state index < -0.39 is 16.0 Å². The normalized spacial score (nSPS) is 11.4. The monoisotopic (exact) mass is 295 g/mol. The summed E-state index contributed by atoms with van der Waals surface area (Å²) in [7, 11) is -3.69. The van der Waals surface area contributed by atoms with Crippen molar-refractivity contribution in [2.45, 2.75) is 18.5 Å². The van der Waals surface area contributed by atoms with Gasteiger partial charge in [-0.3, -0.25) is 0 Å². The summed E-state index contributed by atoms with van der Waals surface area (Å²) >= 11 is 0. The summed E-state index contributed by atoms with van der Waals surface area (Å²) in [6.45, 7) is 1.65. The summed E-state index contributed by atoms with van der Waals surface area (Å²) in [5, 5.41) is 8.84. The molecule has 3 N–H and O–H groups in total. The Morgan fingerprint density at radius 2 is 2.20 bits per heavy atom. The lowest BCUT2D eigenvalue weighted by Crippen LogP contribution is -2.23. The number of aromatic carboxylic acids is 1. The number of aromatic amines is 1. The van der Waals surface area contributed by atoms with Crippen LogP contribution in [-0.2, 0) is 16.6 Å². The van der Waals surface area contributed by atoms with Crippen molar-refractivity contribution in [2.75, 3.05) is 0 Å². The Kier molecular flexibility index (Phi) is 3.86. The Hall–Kier alpha value is -2.19. The van der Waals surface area contributed by atoms with Crippen LogP contribution in [0.2, 0.25) is 0 Å². The number of imidazole rings is 1. The highest BCUT2D eigenvalue weighted by Gasteiger charge is 2.16. The molecule has 2 aromatic rings. The van der Waals surface area contributed by atoms with Crippen LogP contribution in [0, 0.1) is 6.92 Å². The number of aromatic nitrogens is 2. The topological polar surface area (TPSA) is 112 Å². The van der Waals surface area contributed by atoms with Crippen molar-refractivity contribution in [3.63, 3.8) is 0 Å². The summed E-state index contributed by atoms with van der Waals surface area (Å²) in [5.74, 6) is -0.558. The molecule has 0 aliphatic rings. The molecule has 0 fully saturated rings. The third kappa shape index (κ3) is 3.22. The van der Waals surface area contributed by atoms with Crippen molar-refractivity contribution in [1.82, 2.24) is 14.7 Å². The maximum Gasteiger partial charge on any atom is 0.335 e. The average molecular weight is 295 g/mol. The zero-order chi connectivity index (χ0) is 14.8. The van der Waals surface area contributed by atoms with Gasteiger partial charge in [-0.05, 0) is 24.6 Å². The first-order valence-corrected chi connectivity index (χ1v) is 7.20. The van der Waals surface area contributed by atoms with E-state index in [9.17, 15) is 13.2 Å². The number of carbonyl (C=O) groups is 1. The molecule has 0 saturated heterocycles. The predicted octanol–water partition coefficient (Wildman–Crippen LogP) is 0.895. The molecule has 0 saturated carbocycles. The van der Waals surface area contributed by atoms with E-state index in [2.05, 4.69) is 14.7 Å². The van der Waals surface area contributed by atoms with Gasteiger partial charge in [0.25, 0.3) is 10.0 Å². The second-order valence-corrected chi connectivity index (χ2v) is 5.90. The van der Waals surface area contributed by atoms with Gasteiger partial charge >= 0.3 is 5.97 Å². The summed E-state index contributed by atoms with van der Waals surface area (Å²) in [4.78, 5) is 17.3. The van der Waals surface area contributed by atoms with E-state index >= 15 is 0 Å². The second-order valence-electron chi connectivity index (χ2n) is 4.16. The Morgan fingerprint density at radius 1 is 1.45 bits per heavy atom. The molecule has 0 bridgehead atoms. The minimum absolute atomic E-state index is 0.00151. The number of rotatable bonds is 5. The molecular weight excluding hydrogens is 282 g/mol. The molecule has 0 amide bonds. The largest absolute Gasteiger partial charge is 0.478 e. The molecule has 1 heterocycles. The Morgan fingerprint density at radius 3 is 2.80 bits per heavy atom. The lowest BCUT2D eigenvalue weighted by molar-refractivity contribution is 0.0696. The lowest BCUT2D eigenvalue weighted by Gasteiger charge is -2.05. The Labute approximate surface area is 115 Å². The molecule has 0 aliphatic carbocycles. The van der Waals surface area contributed by atoms with Gasteiger partial charge in [0.15, 0.2) is 5.03 Å². The summed E-state index contributed by atoms with van der Waals surface area (Å²) < 4.78 is 26.3. The number of hydrogen-bond acceptors (Lipinski definition) is 4. The SMILES string of the molecule is Cc1ncc(S(=O)(=O)NCc2cccc(C(=O)O)c2)[nH]1. The first-order valence-electron chi connectivity index (χ1n) is 5.72. The van der Waals surface area contributed by atoms with Crippen molar-refractivity contribution in [3.05, 3.63) is 47.4 Å². The van der Waals surface area contributed by atoms with Gasteiger partial charge in [-0.25, -0.2) is 22.9 Å². The maximum atomic E-state index is 11.9. The quantitative estimate of drug-likeness (QED) is 0.758. The van der Waals surface area contributed by atoms with Gasteiger partial charge in [0.2, 0.25) is 0 Å². The molecule has 1 aromatic heterocycles. The zero-order valence-corrected chi connectivity index (χ0v) is 11.4. The van der Waals surface area contributed by atoms with Crippen LogP contribution < -0.4 is 4.72 Å². The number of hydrogen-bond donors (Lipinski definition) is 3. The maximum absolute atomic E-state index is 11.9. The number of carboxylic acids is 1. The van der Waals surface area contributed by atoms with Gasteiger partial charge in [-0.15, -0.1) is 0 Å². The number of carboxylic acid groups (broad SMARTS) is 1. The van der Waals surface area contributed by atoms with Crippen LogP contribution in [0.25, 0.3) is 0 Å². The fraction of sp³-hybridized carbons (Fsp3) is 0.167. The van der Waals surface area contributed by atoms with E-state index in [1.807, 2.05) is 0 Å². The molecule has 20 heavy (non-hydrogen) atoms. The average Bonchev–Trinajstić information content (AvgIpc) is 2.84. The number of benzene rings is 1. The Balaban J connectivity index is 2.12. The second kappa shape index (κ2) is 5.43. The molecule has 106 valence electrons. The van der Waals surface area contributed by atoms with Crippen LogP contribution in [0.5, 0.6) is 0 Å². The van der Waals surface area contributed by atoms with E-state index in [1.54, 1.807) is 19.1 Å². The molecule has 0 spiro atoms. The van der Waals surface area contributed by atoms with E-state index in [4.69, 9.17) is 5.11 Å². The van der Waals surface area contributed by atoms with Crippen molar-refractivity contribution in [2.24, 2.45) is 0 Å². The third-order valence-electron chi connectivity index (χ3n) is 2.61. The molecule has 2 rings (SSSR count). The van der Waals surface area contributed by atoms with Gasteiger partial charge in [-0.1, -0.05) is 12.1 Å². The standard InChI is InChI=1S/C12H13N3O4S/c1-8-13-7-11(15-8)20(18,19)14-6-9-3-2-4-10(5-9)12(16)17/h2-5,7,14H,6H2,1H3,(H,13,15)(H,16,17). The van der Waals surface area contributed by atoms with Crippen LogP contribution in [-0.4, -0.2) is 29.5 Å². The van der Waals surface area contributed by atoms with Crippen molar-refractivity contribution < 1.29 is 18.3 Å². The Bertz CT molecular complexity index is 737. The molecule has 0 atom stereocenters. The van der Waals surface area contributed by atoms with Gasteiger partial charge in [0, 0.05) is 6.54 Å². The fourth-order valence-corrected chi connectivity index (χ4v) is 2.59. The van der Waals surface area contributed by atoms with Crippen LogP contribution in [0.4, 0.5) is 0 Å².